The first-order chi connectivity index (χ1) is 11.7. The maximum Gasteiger partial charge on any atom is 0.242 e. The highest BCUT2D eigenvalue weighted by atomic mass is 35.5. The minimum Gasteiger partial charge on any atom is -0.335 e. The molecule has 10 heteroatoms. The van der Waals surface area contributed by atoms with E-state index in [0.29, 0.717) is 24.7 Å². The van der Waals surface area contributed by atoms with Crippen molar-refractivity contribution in [3.05, 3.63) is 34.9 Å². The molecule has 1 fully saturated rings. The number of carbonyl (C=O) groups excluding carboxylic acids is 2. The van der Waals surface area contributed by atoms with Gasteiger partial charge in [0, 0.05) is 30.9 Å². The summed E-state index contributed by atoms with van der Waals surface area (Å²) in [5.74, 6) is -0.697. The lowest BCUT2D eigenvalue weighted by Crippen LogP contribution is -2.55. The Labute approximate surface area is 164 Å². The van der Waals surface area contributed by atoms with Crippen LogP contribution in [0.1, 0.15) is 12.0 Å². The van der Waals surface area contributed by atoms with Crippen LogP contribution in [0.15, 0.2) is 24.3 Å². The van der Waals surface area contributed by atoms with Gasteiger partial charge in [-0.05, 0) is 24.1 Å². The molecule has 1 aromatic carbocycles. The third kappa shape index (κ3) is 6.75. The van der Waals surface area contributed by atoms with Crippen LogP contribution >= 0.6 is 24.0 Å². The van der Waals surface area contributed by atoms with E-state index in [9.17, 15) is 18.0 Å². The van der Waals surface area contributed by atoms with E-state index in [1.54, 1.807) is 17.0 Å². The second-order valence-electron chi connectivity index (χ2n) is 6.23. The number of halogens is 2. The van der Waals surface area contributed by atoms with Crippen LogP contribution in [0.25, 0.3) is 0 Å². The van der Waals surface area contributed by atoms with Crippen LogP contribution in [0.5, 0.6) is 0 Å². The van der Waals surface area contributed by atoms with Crippen LogP contribution in [-0.2, 0) is 26.0 Å². The molecule has 2 amide bonds. The molecule has 0 aliphatic carbocycles. The molecular weight excluding hydrogens is 401 g/mol. The van der Waals surface area contributed by atoms with Crippen LogP contribution in [0.3, 0.4) is 0 Å². The van der Waals surface area contributed by atoms with Gasteiger partial charge in [0.1, 0.15) is 9.84 Å². The number of amides is 2. The normalized spacial score (nSPS) is 16.2. The molecule has 146 valence electrons. The van der Waals surface area contributed by atoms with E-state index in [0.717, 1.165) is 11.8 Å². The number of benzene rings is 1. The molecule has 0 bridgehead atoms. The van der Waals surface area contributed by atoms with Crippen molar-refractivity contribution in [3.63, 3.8) is 0 Å². The average Bonchev–Trinajstić information content (AvgIpc) is 2.55. The summed E-state index contributed by atoms with van der Waals surface area (Å²) in [5.41, 5.74) is 6.74. The maximum atomic E-state index is 12.3. The van der Waals surface area contributed by atoms with Crippen LogP contribution in [-0.4, -0.2) is 67.7 Å². The van der Waals surface area contributed by atoms with Crippen molar-refractivity contribution >= 4 is 45.7 Å². The van der Waals surface area contributed by atoms with E-state index in [-0.39, 0.29) is 42.9 Å². The lowest BCUT2D eigenvalue weighted by molar-refractivity contribution is -0.146. The third-order valence-corrected chi connectivity index (χ3v) is 5.26. The first-order valence-electron chi connectivity index (χ1n) is 7.90. The summed E-state index contributed by atoms with van der Waals surface area (Å²) in [5, 5.41) is 0.633. The van der Waals surface area contributed by atoms with E-state index < -0.39 is 15.9 Å². The fourth-order valence-electron chi connectivity index (χ4n) is 2.57. The number of rotatable bonds is 6. The summed E-state index contributed by atoms with van der Waals surface area (Å²) in [6, 6.07) is 6.33. The van der Waals surface area contributed by atoms with Crippen molar-refractivity contribution < 1.29 is 18.0 Å². The Hall–Kier alpha value is -1.35. The smallest absolute Gasteiger partial charge is 0.242 e. The summed E-state index contributed by atoms with van der Waals surface area (Å²) in [4.78, 5) is 27.6. The standard InChI is InChI=1S/C16H22ClN3O4S.ClH/c1-25(23,24)9-6-14(18)16(22)20-8-7-19(15(21)11-20)10-12-2-4-13(17)5-3-12;/h2-5,14H,6-11,18H2,1H3;1H. The predicted molar refractivity (Wildman–Crippen MR) is 103 cm³/mol. The molecule has 0 radical (unpaired) electrons. The number of hydrogen-bond acceptors (Lipinski definition) is 5. The zero-order valence-corrected chi connectivity index (χ0v) is 16.8. The van der Waals surface area contributed by atoms with Gasteiger partial charge >= 0.3 is 0 Å². The highest BCUT2D eigenvalue weighted by molar-refractivity contribution is 7.90. The van der Waals surface area contributed by atoms with Gasteiger partial charge in [0.05, 0.1) is 18.3 Å². The minimum atomic E-state index is -3.18. The quantitative estimate of drug-likeness (QED) is 0.725. The molecule has 1 aromatic rings. The molecule has 1 unspecified atom stereocenters. The number of piperazine rings is 1. The number of nitrogens with zero attached hydrogens (tertiary/aromatic N) is 2. The van der Waals surface area contributed by atoms with E-state index in [4.69, 9.17) is 17.3 Å². The predicted octanol–water partition coefficient (Wildman–Crippen LogP) is 0.695. The van der Waals surface area contributed by atoms with Gasteiger partial charge in [0.25, 0.3) is 0 Å². The maximum absolute atomic E-state index is 12.3. The Balaban J connectivity index is 0.00000338. The first kappa shape index (κ1) is 22.7. The van der Waals surface area contributed by atoms with E-state index in [1.807, 2.05) is 12.1 Å². The molecule has 1 aliphatic rings. The van der Waals surface area contributed by atoms with E-state index >= 15 is 0 Å². The third-order valence-electron chi connectivity index (χ3n) is 4.03. The van der Waals surface area contributed by atoms with Gasteiger partial charge in [-0.25, -0.2) is 8.42 Å². The molecule has 0 spiro atoms. The molecule has 0 aromatic heterocycles. The van der Waals surface area contributed by atoms with Gasteiger partial charge in [-0.2, -0.15) is 0 Å². The zero-order valence-electron chi connectivity index (χ0n) is 14.4. The fourth-order valence-corrected chi connectivity index (χ4v) is 3.38. The molecule has 0 saturated carbocycles. The minimum absolute atomic E-state index is 0. The fraction of sp³-hybridized carbons (Fsp3) is 0.500. The van der Waals surface area contributed by atoms with Crippen LogP contribution in [0.4, 0.5) is 0 Å². The number of sulfone groups is 1. The van der Waals surface area contributed by atoms with E-state index in [1.165, 1.54) is 4.90 Å². The van der Waals surface area contributed by atoms with Crippen LogP contribution in [0, 0.1) is 0 Å². The Kier molecular flexibility index (Phi) is 8.33. The average molecular weight is 424 g/mol. The SMILES string of the molecule is CS(=O)(=O)CCC(N)C(=O)N1CCN(Cc2ccc(Cl)cc2)C(=O)C1.Cl. The van der Waals surface area contributed by atoms with Crippen molar-refractivity contribution in [3.8, 4) is 0 Å². The van der Waals surface area contributed by atoms with Gasteiger partial charge < -0.3 is 15.5 Å². The van der Waals surface area contributed by atoms with Crippen molar-refractivity contribution in [1.29, 1.82) is 0 Å². The Morgan fingerprint density at radius 1 is 1.27 bits per heavy atom. The number of nitrogens with two attached hydrogens (primary N) is 1. The van der Waals surface area contributed by atoms with Gasteiger partial charge in [-0.15, -0.1) is 12.4 Å². The van der Waals surface area contributed by atoms with Crippen molar-refractivity contribution in [2.24, 2.45) is 5.73 Å². The molecule has 1 atom stereocenters. The summed E-state index contributed by atoms with van der Waals surface area (Å²) in [6.07, 6.45) is 1.15. The summed E-state index contributed by atoms with van der Waals surface area (Å²) in [6.45, 7) is 1.20. The summed E-state index contributed by atoms with van der Waals surface area (Å²) < 4.78 is 22.3. The molecular formula is C16H23Cl2N3O4S. The number of hydrogen-bond donors (Lipinski definition) is 1. The first-order valence-corrected chi connectivity index (χ1v) is 10.3. The molecule has 7 nitrogen and oxygen atoms in total. The lowest BCUT2D eigenvalue weighted by Gasteiger charge is -2.35. The Morgan fingerprint density at radius 2 is 1.88 bits per heavy atom. The van der Waals surface area contributed by atoms with Gasteiger partial charge in [0.2, 0.25) is 11.8 Å². The molecule has 26 heavy (non-hydrogen) atoms. The van der Waals surface area contributed by atoms with Gasteiger partial charge in [-0.1, -0.05) is 23.7 Å². The molecule has 2 N–H and O–H groups in total. The molecule has 2 rings (SSSR count). The largest absolute Gasteiger partial charge is 0.335 e. The highest BCUT2D eigenvalue weighted by Gasteiger charge is 2.30. The van der Waals surface area contributed by atoms with Crippen molar-refractivity contribution in [2.45, 2.75) is 19.0 Å². The second-order valence-corrected chi connectivity index (χ2v) is 8.92. The number of carbonyl (C=O) groups is 2. The van der Waals surface area contributed by atoms with Crippen molar-refractivity contribution in [2.75, 3.05) is 31.6 Å². The molecule has 1 heterocycles. The summed E-state index contributed by atoms with van der Waals surface area (Å²) in [7, 11) is -3.18. The topological polar surface area (TPSA) is 101 Å². The molecule has 1 aliphatic heterocycles. The van der Waals surface area contributed by atoms with Crippen LogP contribution in [0.2, 0.25) is 5.02 Å². The Morgan fingerprint density at radius 3 is 2.42 bits per heavy atom. The van der Waals surface area contributed by atoms with Crippen LogP contribution < -0.4 is 5.73 Å². The Bertz CT molecular complexity index is 740. The van der Waals surface area contributed by atoms with Gasteiger partial charge in [-0.3, -0.25) is 9.59 Å². The van der Waals surface area contributed by atoms with Gasteiger partial charge in [0.15, 0.2) is 0 Å². The van der Waals surface area contributed by atoms with Crippen molar-refractivity contribution in [1.82, 2.24) is 9.80 Å². The lowest BCUT2D eigenvalue weighted by atomic mass is 10.1. The second kappa shape index (κ2) is 9.55. The molecule has 1 saturated heterocycles. The highest BCUT2D eigenvalue weighted by Crippen LogP contribution is 2.14. The summed E-state index contributed by atoms with van der Waals surface area (Å²) >= 11 is 5.85. The zero-order chi connectivity index (χ0) is 18.6. The van der Waals surface area contributed by atoms with E-state index in [2.05, 4.69) is 0 Å². The monoisotopic (exact) mass is 423 g/mol.